The molecule has 0 aliphatic heterocycles. The summed E-state index contributed by atoms with van der Waals surface area (Å²) < 4.78 is 43.4. The lowest BCUT2D eigenvalue weighted by atomic mass is 10.3. The molecule has 0 radical (unpaired) electrons. The summed E-state index contributed by atoms with van der Waals surface area (Å²) in [7, 11) is -3.75. The molecule has 8 heteroatoms. The van der Waals surface area contributed by atoms with Crippen LogP contribution in [0.2, 0.25) is 0 Å². The molecule has 0 atom stereocenters. The van der Waals surface area contributed by atoms with Gasteiger partial charge >= 0.3 is 0 Å². The van der Waals surface area contributed by atoms with Crippen LogP contribution in [0.15, 0.2) is 48.5 Å². The lowest BCUT2D eigenvalue weighted by molar-refractivity contribution is -0.114. The van der Waals surface area contributed by atoms with Crippen LogP contribution in [0, 0.1) is 5.82 Å². The first-order valence-corrected chi connectivity index (χ1v) is 9.40. The van der Waals surface area contributed by atoms with E-state index in [-0.39, 0.29) is 5.69 Å². The van der Waals surface area contributed by atoms with E-state index in [4.69, 9.17) is 4.74 Å². The third-order valence-electron chi connectivity index (χ3n) is 3.23. The Kier molecular flexibility index (Phi) is 5.97. The van der Waals surface area contributed by atoms with Crippen LogP contribution < -0.4 is 14.4 Å². The summed E-state index contributed by atoms with van der Waals surface area (Å²) in [5.74, 6) is -0.463. The van der Waals surface area contributed by atoms with Crippen LogP contribution in [0.5, 0.6) is 5.75 Å². The fourth-order valence-corrected chi connectivity index (χ4v) is 3.01. The zero-order valence-corrected chi connectivity index (χ0v) is 14.7. The van der Waals surface area contributed by atoms with Crippen molar-refractivity contribution in [3.8, 4) is 5.75 Å². The van der Waals surface area contributed by atoms with E-state index >= 15 is 0 Å². The van der Waals surface area contributed by atoms with Crippen LogP contribution >= 0.6 is 0 Å². The van der Waals surface area contributed by atoms with Crippen molar-refractivity contribution in [1.82, 2.24) is 0 Å². The first-order chi connectivity index (χ1) is 11.8. The van der Waals surface area contributed by atoms with Gasteiger partial charge < -0.3 is 10.1 Å². The molecular formula is C17H19FN2O4S. The van der Waals surface area contributed by atoms with E-state index in [1.165, 1.54) is 18.2 Å². The molecule has 134 valence electrons. The van der Waals surface area contributed by atoms with Crippen molar-refractivity contribution < 1.29 is 22.3 Å². The van der Waals surface area contributed by atoms with E-state index in [2.05, 4.69) is 5.32 Å². The average Bonchev–Trinajstić information content (AvgIpc) is 2.54. The Hall–Kier alpha value is -2.61. The second-order valence-corrected chi connectivity index (χ2v) is 7.16. The zero-order valence-electron chi connectivity index (χ0n) is 13.9. The second-order valence-electron chi connectivity index (χ2n) is 5.26. The number of rotatable bonds is 7. The first-order valence-electron chi connectivity index (χ1n) is 7.55. The number of carbonyl (C=O) groups is 1. The molecule has 25 heavy (non-hydrogen) atoms. The SMILES string of the molecule is CCOc1ccc(NC(=O)CN(c2cccc(F)c2)S(C)(=O)=O)cc1. The van der Waals surface area contributed by atoms with Gasteiger partial charge in [-0.1, -0.05) is 6.07 Å². The van der Waals surface area contributed by atoms with Crippen LogP contribution in [0.3, 0.4) is 0 Å². The minimum Gasteiger partial charge on any atom is -0.494 e. The highest BCUT2D eigenvalue weighted by Gasteiger charge is 2.21. The Morgan fingerprint density at radius 2 is 1.88 bits per heavy atom. The summed E-state index contributed by atoms with van der Waals surface area (Å²) in [5, 5.41) is 2.60. The van der Waals surface area contributed by atoms with Crippen molar-refractivity contribution in [1.29, 1.82) is 0 Å². The number of nitrogens with zero attached hydrogens (tertiary/aromatic N) is 1. The van der Waals surface area contributed by atoms with Crippen LogP contribution in [-0.4, -0.2) is 33.7 Å². The van der Waals surface area contributed by atoms with Gasteiger partial charge in [-0.2, -0.15) is 0 Å². The molecule has 0 spiro atoms. The number of halogens is 1. The number of carbonyl (C=O) groups excluding carboxylic acids is 1. The van der Waals surface area contributed by atoms with E-state index in [0.29, 0.717) is 18.0 Å². The van der Waals surface area contributed by atoms with Crippen molar-refractivity contribution >= 4 is 27.3 Å². The van der Waals surface area contributed by atoms with Crippen molar-refractivity contribution in [3.05, 3.63) is 54.3 Å². The van der Waals surface area contributed by atoms with Crippen molar-refractivity contribution in [3.63, 3.8) is 0 Å². The van der Waals surface area contributed by atoms with E-state index < -0.39 is 28.3 Å². The molecule has 0 aliphatic carbocycles. The molecule has 0 heterocycles. The highest BCUT2D eigenvalue weighted by atomic mass is 32.2. The van der Waals surface area contributed by atoms with Crippen LogP contribution in [0.25, 0.3) is 0 Å². The zero-order chi connectivity index (χ0) is 18.4. The normalized spacial score (nSPS) is 11.0. The second kappa shape index (κ2) is 7.98. The molecule has 6 nitrogen and oxygen atoms in total. The molecule has 2 aromatic carbocycles. The van der Waals surface area contributed by atoms with Gasteiger partial charge in [0, 0.05) is 5.69 Å². The number of benzene rings is 2. The van der Waals surface area contributed by atoms with E-state index in [9.17, 15) is 17.6 Å². The predicted molar refractivity (Wildman–Crippen MR) is 94.8 cm³/mol. The predicted octanol–water partition coefficient (Wildman–Crippen LogP) is 2.63. The maximum absolute atomic E-state index is 13.4. The Labute approximate surface area is 146 Å². The lowest BCUT2D eigenvalue weighted by Gasteiger charge is -2.22. The highest BCUT2D eigenvalue weighted by Crippen LogP contribution is 2.19. The first kappa shape index (κ1) is 18.7. The van der Waals surface area contributed by atoms with Crippen molar-refractivity contribution in [2.24, 2.45) is 0 Å². The summed E-state index contributed by atoms with van der Waals surface area (Å²) in [6.45, 7) is 1.93. The number of nitrogens with one attached hydrogen (secondary N) is 1. The smallest absolute Gasteiger partial charge is 0.245 e. The molecule has 0 fully saturated rings. The minimum atomic E-state index is -3.75. The molecule has 0 saturated heterocycles. The van der Waals surface area contributed by atoms with Gasteiger partial charge in [-0.05, 0) is 49.4 Å². The number of hydrogen-bond donors (Lipinski definition) is 1. The maximum Gasteiger partial charge on any atom is 0.245 e. The Bertz CT molecular complexity index is 838. The number of ether oxygens (including phenoxy) is 1. The monoisotopic (exact) mass is 366 g/mol. The fourth-order valence-electron chi connectivity index (χ4n) is 2.16. The third-order valence-corrected chi connectivity index (χ3v) is 4.37. The van der Waals surface area contributed by atoms with Gasteiger partial charge in [0.1, 0.15) is 18.1 Å². The largest absolute Gasteiger partial charge is 0.494 e. The number of hydrogen-bond acceptors (Lipinski definition) is 4. The summed E-state index contributed by atoms with van der Waals surface area (Å²) in [5.41, 5.74) is 0.588. The maximum atomic E-state index is 13.4. The van der Waals surface area contributed by atoms with E-state index in [0.717, 1.165) is 16.6 Å². The van der Waals surface area contributed by atoms with Gasteiger partial charge in [-0.25, -0.2) is 12.8 Å². The molecule has 0 bridgehead atoms. The van der Waals surface area contributed by atoms with Gasteiger partial charge in [-0.15, -0.1) is 0 Å². The summed E-state index contributed by atoms with van der Waals surface area (Å²) in [6, 6.07) is 11.8. The van der Waals surface area contributed by atoms with E-state index in [1.807, 2.05) is 6.92 Å². The average molecular weight is 366 g/mol. The molecule has 2 aromatic rings. The van der Waals surface area contributed by atoms with Crippen molar-refractivity contribution in [2.75, 3.05) is 29.0 Å². The summed E-state index contributed by atoms with van der Waals surface area (Å²) in [6.07, 6.45) is 0.960. The van der Waals surface area contributed by atoms with Gasteiger partial charge in [-0.3, -0.25) is 9.10 Å². The molecule has 1 amide bonds. The number of sulfonamides is 1. The lowest BCUT2D eigenvalue weighted by Crippen LogP contribution is -2.37. The van der Waals surface area contributed by atoms with Crippen LogP contribution in [-0.2, 0) is 14.8 Å². The molecule has 0 unspecified atom stereocenters. The molecule has 1 N–H and O–H groups in total. The Morgan fingerprint density at radius 3 is 2.44 bits per heavy atom. The van der Waals surface area contributed by atoms with Crippen LogP contribution in [0.1, 0.15) is 6.92 Å². The topological polar surface area (TPSA) is 75.7 Å². The van der Waals surface area contributed by atoms with Crippen molar-refractivity contribution in [2.45, 2.75) is 6.92 Å². The number of amides is 1. The molecule has 2 rings (SSSR count). The molecule has 0 saturated carbocycles. The molecular weight excluding hydrogens is 347 g/mol. The van der Waals surface area contributed by atoms with Gasteiger partial charge in [0.25, 0.3) is 0 Å². The minimum absolute atomic E-state index is 0.0874. The third kappa shape index (κ3) is 5.46. The van der Waals surface area contributed by atoms with E-state index in [1.54, 1.807) is 24.3 Å². The fraction of sp³-hybridized carbons (Fsp3) is 0.235. The quantitative estimate of drug-likeness (QED) is 0.817. The molecule has 0 aromatic heterocycles. The standard InChI is InChI=1S/C17H19FN2O4S/c1-3-24-16-9-7-14(8-10-16)19-17(21)12-20(25(2,22)23)15-6-4-5-13(18)11-15/h4-11H,3,12H2,1-2H3,(H,19,21). The number of anilines is 2. The van der Waals surface area contributed by atoms with Gasteiger partial charge in [0.05, 0.1) is 18.6 Å². The summed E-state index contributed by atoms with van der Waals surface area (Å²) in [4.78, 5) is 12.2. The summed E-state index contributed by atoms with van der Waals surface area (Å²) >= 11 is 0. The van der Waals surface area contributed by atoms with Gasteiger partial charge in [0.2, 0.25) is 15.9 Å². The van der Waals surface area contributed by atoms with Gasteiger partial charge in [0.15, 0.2) is 0 Å². The Balaban J connectivity index is 2.12. The Morgan fingerprint density at radius 1 is 1.20 bits per heavy atom. The highest BCUT2D eigenvalue weighted by molar-refractivity contribution is 7.92. The molecule has 0 aliphatic rings. The van der Waals surface area contributed by atoms with Crippen LogP contribution in [0.4, 0.5) is 15.8 Å².